The van der Waals surface area contributed by atoms with E-state index in [0.29, 0.717) is 12.1 Å². The zero-order chi connectivity index (χ0) is 18.2. The van der Waals surface area contributed by atoms with Gasteiger partial charge in [0.25, 0.3) is 5.91 Å². The van der Waals surface area contributed by atoms with Gasteiger partial charge in [-0.25, -0.2) is 0 Å². The molecule has 25 heavy (non-hydrogen) atoms. The molecule has 134 valence electrons. The number of amides is 1. The van der Waals surface area contributed by atoms with Crippen molar-refractivity contribution < 1.29 is 18.0 Å². The van der Waals surface area contributed by atoms with Crippen molar-refractivity contribution in [1.82, 2.24) is 9.88 Å². The van der Waals surface area contributed by atoms with Crippen LogP contribution in [0, 0.1) is 0 Å². The Morgan fingerprint density at radius 2 is 1.96 bits per heavy atom. The zero-order valence-electron chi connectivity index (χ0n) is 13.8. The summed E-state index contributed by atoms with van der Waals surface area (Å²) >= 11 is 0. The summed E-state index contributed by atoms with van der Waals surface area (Å²) in [5, 5.41) is 2.74. The number of pyridine rings is 1. The van der Waals surface area contributed by atoms with Crippen LogP contribution in [0.25, 0.3) is 10.9 Å². The molecule has 1 aliphatic rings. The number of nitrogens with one attached hydrogen (secondary N) is 1. The monoisotopic (exact) mass is 352 g/mol. The van der Waals surface area contributed by atoms with Gasteiger partial charge in [0.15, 0.2) is 0 Å². The molecule has 0 spiro atoms. The van der Waals surface area contributed by atoms with Gasteiger partial charge < -0.3 is 9.88 Å². The van der Waals surface area contributed by atoms with E-state index in [4.69, 9.17) is 0 Å². The number of halogens is 3. The fraction of sp³-hybridized carbons (Fsp3) is 0.444. The van der Waals surface area contributed by atoms with Crippen LogP contribution in [-0.2, 0) is 12.7 Å². The quantitative estimate of drug-likeness (QED) is 0.915. The summed E-state index contributed by atoms with van der Waals surface area (Å²) in [4.78, 5) is 25.1. The summed E-state index contributed by atoms with van der Waals surface area (Å²) in [7, 11) is 0. The number of nitrogens with zero attached hydrogens (tertiary/aromatic N) is 1. The third-order valence-corrected chi connectivity index (χ3v) is 4.68. The van der Waals surface area contributed by atoms with Gasteiger partial charge >= 0.3 is 6.18 Å². The van der Waals surface area contributed by atoms with Gasteiger partial charge in [0.1, 0.15) is 5.56 Å². The first kappa shape index (κ1) is 17.5. The van der Waals surface area contributed by atoms with Gasteiger partial charge in [-0.3, -0.25) is 9.59 Å². The molecule has 3 rings (SSSR count). The van der Waals surface area contributed by atoms with Crippen molar-refractivity contribution in [2.75, 3.05) is 0 Å². The lowest BCUT2D eigenvalue weighted by Gasteiger charge is -2.15. The molecule has 4 nitrogen and oxygen atoms in total. The molecule has 0 radical (unpaired) electrons. The van der Waals surface area contributed by atoms with Crippen LogP contribution in [0.1, 0.15) is 48.5 Å². The van der Waals surface area contributed by atoms with Gasteiger partial charge in [-0.1, -0.05) is 12.8 Å². The molecule has 1 fully saturated rings. The summed E-state index contributed by atoms with van der Waals surface area (Å²) in [5.41, 5.74) is -1.28. The Bertz CT molecular complexity index is 865. The standard InChI is InChI=1S/C18H19F3N2O2/c1-2-23-10-14(17(25)22-12-5-3-4-6-12)16(24)13-9-11(18(19,20)21)7-8-15(13)23/h7-10,12H,2-6H2,1H3,(H,22,25). The van der Waals surface area contributed by atoms with Gasteiger partial charge in [-0.2, -0.15) is 13.2 Å². The van der Waals surface area contributed by atoms with E-state index >= 15 is 0 Å². The third-order valence-electron chi connectivity index (χ3n) is 4.68. The Balaban J connectivity index is 2.10. The molecule has 1 aromatic heterocycles. The van der Waals surface area contributed by atoms with E-state index in [1.165, 1.54) is 12.3 Å². The van der Waals surface area contributed by atoms with Crippen molar-refractivity contribution >= 4 is 16.8 Å². The van der Waals surface area contributed by atoms with Crippen molar-refractivity contribution in [3.63, 3.8) is 0 Å². The molecule has 0 aliphatic heterocycles. The predicted octanol–water partition coefficient (Wildman–Crippen LogP) is 3.71. The van der Waals surface area contributed by atoms with Crippen LogP contribution < -0.4 is 10.7 Å². The maximum atomic E-state index is 13.0. The number of aromatic nitrogens is 1. The summed E-state index contributed by atoms with van der Waals surface area (Å²) < 4.78 is 40.5. The minimum atomic E-state index is -4.54. The van der Waals surface area contributed by atoms with E-state index < -0.39 is 23.1 Å². The number of alkyl halides is 3. The van der Waals surface area contributed by atoms with Crippen LogP contribution >= 0.6 is 0 Å². The van der Waals surface area contributed by atoms with Crippen molar-refractivity contribution in [2.24, 2.45) is 0 Å². The molecule has 1 amide bonds. The first-order valence-electron chi connectivity index (χ1n) is 8.36. The van der Waals surface area contributed by atoms with Gasteiger partial charge in [0.2, 0.25) is 5.43 Å². The van der Waals surface area contributed by atoms with Crippen LogP contribution in [0.4, 0.5) is 13.2 Å². The number of carbonyl (C=O) groups is 1. The minimum absolute atomic E-state index is 0.0270. The number of benzene rings is 1. The molecule has 0 bridgehead atoms. The lowest BCUT2D eigenvalue weighted by atomic mass is 10.1. The van der Waals surface area contributed by atoms with Crippen molar-refractivity contribution in [1.29, 1.82) is 0 Å². The first-order chi connectivity index (χ1) is 11.8. The Labute approximate surface area is 142 Å². The van der Waals surface area contributed by atoms with Crippen molar-refractivity contribution in [2.45, 2.75) is 51.4 Å². The maximum absolute atomic E-state index is 13.0. The third kappa shape index (κ3) is 3.41. The molecule has 1 heterocycles. The highest BCUT2D eigenvalue weighted by Gasteiger charge is 2.31. The Morgan fingerprint density at radius 1 is 1.28 bits per heavy atom. The number of hydrogen-bond acceptors (Lipinski definition) is 2. The predicted molar refractivity (Wildman–Crippen MR) is 88.6 cm³/mol. The van der Waals surface area contributed by atoms with Crippen LogP contribution in [0.3, 0.4) is 0 Å². The molecule has 0 unspecified atom stereocenters. The summed E-state index contributed by atoms with van der Waals surface area (Å²) in [6.07, 6.45) is 0.661. The average molecular weight is 352 g/mol. The molecule has 2 aromatic rings. The van der Waals surface area contributed by atoms with E-state index in [2.05, 4.69) is 5.32 Å². The number of hydrogen-bond donors (Lipinski definition) is 1. The normalized spacial score (nSPS) is 15.7. The molecule has 0 saturated heterocycles. The maximum Gasteiger partial charge on any atom is 0.416 e. The topological polar surface area (TPSA) is 51.1 Å². The fourth-order valence-electron chi connectivity index (χ4n) is 3.33. The van der Waals surface area contributed by atoms with E-state index in [1.54, 1.807) is 11.5 Å². The minimum Gasteiger partial charge on any atom is -0.349 e. The van der Waals surface area contributed by atoms with Crippen molar-refractivity contribution in [3.05, 3.63) is 45.7 Å². The van der Waals surface area contributed by atoms with Gasteiger partial charge in [-0.15, -0.1) is 0 Å². The summed E-state index contributed by atoms with van der Waals surface area (Å²) in [5.74, 6) is -0.515. The van der Waals surface area contributed by atoms with Crippen LogP contribution in [0.5, 0.6) is 0 Å². The van der Waals surface area contributed by atoms with Crippen LogP contribution in [0.2, 0.25) is 0 Å². The molecule has 1 N–H and O–H groups in total. The zero-order valence-corrected chi connectivity index (χ0v) is 13.8. The molecule has 1 aromatic carbocycles. The average Bonchev–Trinajstić information content (AvgIpc) is 3.07. The van der Waals surface area contributed by atoms with Gasteiger partial charge in [0, 0.05) is 24.2 Å². The highest BCUT2D eigenvalue weighted by Crippen LogP contribution is 2.30. The first-order valence-corrected chi connectivity index (χ1v) is 8.36. The lowest BCUT2D eigenvalue weighted by molar-refractivity contribution is -0.137. The molecular formula is C18H19F3N2O2. The number of aryl methyl sites for hydroxylation is 1. The lowest BCUT2D eigenvalue weighted by Crippen LogP contribution is -2.36. The van der Waals surface area contributed by atoms with Gasteiger partial charge in [0.05, 0.1) is 11.1 Å². The number of carbonyl (C=O) groups excluding carboxylic acids is 1. The van der Waals surface area contributed by atoms with Crippen molar-refractivity contribution in [3.8, 4) is 0 Å². The largest absolute Gasteiger partial charge is 0.416 e. The highest BCUT2D eigenvalue weighted by molar-refractivity contribution is 5.97. The fourth-order valence-corrected chi connectivity index (χ4v) is 3.33. The van der Waals surface area contributed by atoms with Crippen LogP contribution in [-0.4, -0.2) is 16.5 Å². The van der Waals surface area contributed by atoms with Crippen LogP contribution in [0.15, 0.2) is 29.2 Å². The Hall–Kier alpha value is -2.31. The molecule has 1 aliphatic carbocycles. The van der Waals surface area contributed by atoms with E-state index in [1.807, 2.05) is 0 Å². The molecule has 1 saturated carbocycles. The van der Waals surface area contributed by atoms with E-state index in [9.17, 15) is 22.8 Å². The SMILES string of the molecule is CCn1cc(C(=O)NC2CCCC2)c(=O)c2cc(C(F)(F)F)ccc21. The highest BCUT2D eigenvalue weighted by atomic mass is 19.4. The number of rotatable bonds is 3. The van der Waals surface area contributed by atoms with E-state index in [0.717, 1.165) is 37.8 Å². The summed E-state index contributed by atoms with van der Waals surface area (Å²) in [6, 6.07) is 3.09. The second-order valence-corrected chi connectivity index (χ2v) is 6.34. The molecule has 0 atom stereocenters. The second kappa shape index (κ2) is 6.54. The van der Waals surface area contributed by atoms with E-state index in [-0.39, 0.29) is 17.0 Å². The molecular weight excluding hydrogens is 333 g/mol. The number of fused-ring (bicyclic) bond motifs is 1. The second-order valence-electron chi connectivity index (χ2n) is 6.34. The Kier molecular flexibility index (Phi) is 4.58. The molecule has 7 heteroatoms. The van der Waals surface area contributed by atoms with Gasteiger partial charge in [-0.05, 0) is 38.0 Å². The summed E-state index contributed by atoms with van der Waals surface area (Å²) in [6.45, 7) is 2.24. The smallest absolute Gasteiger partial charge is 0.349 e. The Morgan fingerprint density at radius 3 is 2.56 bits per heavy atom.